The SMILES string of the molecule is CC1(C)CCCC1C(=O)N1CCC[C@@H](C(=O)O)C1. The van der Waals surface area contributed by atoms with Crippen LogP contribution < -0.4 is 0 Å². The van der Waals surface area contributed by atoms with Gasteiger partial charge in [-0.15, -0.1) is 0 Å². The summed E-state index contributed by atoms with van der Waals surface area (Å²) >= 11 is 0. The summed E-state index contributed by atoms with van der Waals surface area (Å²) in [7, 11) is 0. The molecule has 0 spiro atoms. The van der Waals surface area contributed by atoms with Gasteiger partial charge in [-0.05, 0) is 31.1 Å². The second-order valence-corrected chi connectivity index (χ2v) is 6.40. The summed E-state index contributed by atoms with van der Waals surface area (Å²) in [6, 6.07) is 0. The van der Waals surface area contributed by atoms with Crippen LogP contribution in [-0.2, 0) is 9.59 Å². The van der Waals surface area contributed by atoms with E-state index in [1.54, 1.807) is 4.90 Å². The van der Waals surface area contributed by atoms with Crippen molar-refractivity contribution >= 4 is 11.9 Å². The van der Waals surface area contributed by atoms with Crippen molar-refractivity contribution in [3.63, 3.8) is 0 Å². The number of hydrogen-bond acceptors (Lipinski definition) is 2. The molecule has 2 aliphatic rings. The van der Waals surface area contributed by atoms with Crippen LogP contribution >= 0.6 is 0 Å². The molecule has 0 aromatic carbocycles. The number of amides is 1. The normalized spacial score (nSPS) is 31.3. The third-order valence-corrected chi connectivity index (χ3v) is 4.64. The average molecular weight is 253 g/mol. The molecule has 4 heteroatoms. The van der Waals surface area contributed by atoms with Crippen molar-refractivity contribution in [1.29, 1.82) is 0 Å². The second-order valence-electron chi connectivity index (χ2n) is 6.40. The minimum atomic E-state index is -0.766. The maximum absolute atomic E-state index is 12.5. The molecule has 1 unspecified atom stereocenters. The van der Waals surface area contributed by atoms with Gasteiger partial charge in [0.25, 0.3) is 0 Å². The Labute approximate surface area is 108 Å². The van der Waals surface area contributed by atoms with E-state index in [1.807, 2.05) is 0 Å². The minimum absolute atomic E-state index is 0.0766. The van der Waals surface area contributed by atoms with Crippen molar-refractivity contribution in [3.05, 3.63) is 0 Å². The van der Waals surface area contributed by atoms with Gasteiger partial charge in [0.1, 0.15) is 0 Å². The Hall–Kier alpha value is -1.06. The van der Waals surface area contributed by atoms with Crippen LogP contribution in [0.1, 0.15) is 46.0 Å². The summed E-state index contributed by atoms with van der Waals surface area (Å²) in [5, 5.41) is 9.07. The Morgan fingerprint density at radius 3 is 2.50 bits per heavy atom. The lowest BCUT2D eigenvalue weighted by atomic mass is 9.80. The first-order chi connectivity index (χ1) is 8.42. The van der Waals surface area contributed by atoms with Crippen molar-refractivity contribution in [2.75, 3.05) is 13.1 Å². The van der Waals surface area contributed by atoms with Gasteiger partial charge in [0.05, 0.1) is 5.92 Å². The van der Waals surface area contributed by atoms with Crippen LogP contribution in [0.2, 0.25) is 0 Å². The van der Waals surface area contributed by atoms with Gasteiger partial charge in [-0.1, -0.05) is 20.3 Å². The lowest BCUT2D eigenvalue weighted by Crippen LogP contribution is -2.46. The summed E-state index contributed by atoms with van der Waals surface area (Å²) in [6.07, 6.45) is 4.68. The Balaban J connectivity index is 2.03. The summed E-state index contributed by atoms with van der Waals surface area (Å²) in [6.45, 7) is 5.44. The standard InChI is InChI=1S/C14H23NO3/c1-14(2)7-3-6-11(14)12(16)15-8-4-5-10(9-15)13(17)18/h10-11H,3-9H2,1-2H3,(H,17,18)/t10-,11?/m1/s1. The van der Waals surface area contributed by atoms with Gasteiger partial charge in [0.15, 0.2) is 0 Å². The highest BCUT2D eigenvalue weighted by atomic mass is 16.4. The van der Waals surface area contributed by atoms with Gasteiger partial charge in [-0.2, -0.15) is 0 Å². The molecular formula is C14H23NO3. The molecule has 2 fully saturated rings. The Morgan fingerprint density at radius 2 is 1.94 bits per heavy atom. The third kappa shape index (κ3) is 2.52. The summed E-state index contributed by atoms with van der Waals surface area (Å²) < 4.78 is 0. The van der Waals surface area contributed by atoms with Crippen LogP contribution in [0.15, 0.2) is 0 Å². The Bertz CT molecular complexity index is 351. The molecule has 1 saturated carbocycles. The van der Waals surface area contributed by atoms with E-state index < -0.39 is 5.97 Å². The summed E-state index contributed by atoms with van der Waals surface area (Å²) in [5.74, 6) is -0.862. The molecule has 4 nitrogen and oxygen atoms in total. The van der Waals surface area contributed by atoms with Crippen molar-refractivity contribution in [2.24, 2.45) is 17.3 Å². The number of aliphatic carboxylic acids is 1. The van der Waals surface area contributed by atoms with E-state index in [0.29, 0.717) is 13.0 Å². The zero-order chi connectivity index (χ0) is 13.3. The topological polar surface area (TPSA) is 57.6 Å². The van der Waals surface area contributed by atoms with Crippen LogP contribution in [0.5, 0.6) is 0 Å². The molecule has 1 heterocycles. The molecule has 1 N–H and O–H groups in total. The molecule has 0 radical (unpaired) electrons. The third-order valence-electron chi connectivity index (χ3n) is 4.64. The molecule has 1 aliphatic carbocycles. The van der Waals surface area contributed by atoms with Crippen LogP contribution in [-0.4, -0.2) is 35.0 Å². The zero-order valence-corrected chi connectivity index (χ0v) is 11.3. The van der Waals surface area contributed by atoms with E-state index in [1.165, 1.54) is 0 Å². The zero-order valence-electron chi connectivity index (χ0n) is 11.3. The Kier molecular flexibility index (Phi) is 3.64. The number of carboxylic acid groups (broad SMARTS) is 1. The second kappa shape index (κ2) is 4.90. The molecule has 102 valence electrons. The number of carbonyl (C=O) groups is 2. The molecule has 0 aromatic heterocycles. The van der Waals surface area contributed by atoms with Gasteiger partial charge >= 0.3 is 5.97 Å². The number of nitrogens with zero attached hydrogens (tertiary/aromatic N) is 1. The average Bonchev–Trinajstić information content (AvgIpc) is 2.68. The van der Waals surface area contributed by atoms with Crippen molar-refractivity contribution in [1.82, 2.24) is 4.90 Å². The quantitative estimate of drug-likeness (QED) is 0.820. The largest absolute Gasteiger partial charge is 0.481 e. The lowest BCUT2D eigenvalue weighted by Gasteiger charge is -2.36. The highest BCUT2D eigenvalue weighted by Gasteiger charge is 2.42. The fraction of sp³-hybridized carbons (Fsp3) is 0.857. The van der Waals surface area contributed by atoms with E-state index in [9.17, 15) is 9.59 Å². The first-order valence-electron chi connectivity index (χ1n) is 6.93. The van der Waals surface area contributed by atoms with E-state index in [4.69, 9.17) is 5.11 Å². The smallest absolute Gasteiger partial charge is 0.308 e. The van der Waals surface area contributed by atoms with E-state index >= 15 is 0 Å². The van der Waals surface area contributed by atoms with Crippen LogP contribution in [0.4, 0.5) is 0 Å². The summed E-state index contributed by atoms with van der Waals surface area (Å²) in [4.78, 5) is 25.3. The molecule has 0 bridgehead atoms. The molecule has 2 rings (SSSR count). The van der Waals surface area contributed by atoms with E-state index in [0.717, 1.165) is 32.2 Å². The number of likely N-dealkylation sites (tertiary alicyclic amines) is 1. The molecule has 2 atom stereocenters. The molecule has 18 heavy (non-hydrogen) atoms. The fourth-order valence-corrected chi connectivity index (χ4v) is 3.38. The molecule has 0 aromatic rings. The number of carbonyl (C=O) groups excluding carboxylic acids is 1. The van der Waals surface area contributed by atoms with Crippen molar-refractivity contribution in [2.45, 2.75) is 46.0 Å². The maximum Gasteiger partial charge on any atom is 0.308 e. The molecule has 1 amide bonds. The van der Waals surface area contributed by atoms with Gasteiger partial charge in [0, 0.05) is 19.0 Å². The summed E-state index contributed by atoms with van der Waals surface area (Å²) in [5.41, 5.74) is 0.0766. The predicted octanol–water partition coefficient (Wildman–Crippen LogP) is 2.14. The van der Waals surface area contributed by atoms with Gasteiger partial charge in [-0.3, -0.25) is 9.59 Å². The lowest BCUT2D eigenvalue weighted by molar-refractivity contribution is -0.147. The van der Waals surface area contributed by atoms with Gasteiger partial charge in [0.2, 0.25) is 5.91 Å². The van der Waals surface area contributed by atoms with Crippen LogP contribution in [0, 0.1) is 17.3 Å². The number of hydrogen-bond donors (Lipinski definition) is 1. The van der Waals surface area contributed by atoms with Gasteiger partial charge in [-0.25, -0.2) is 0 Å². The van der Waals surface area contributed by atoms with E-state index in [2.05, 4.69) is 13.8 Å². The minimum Gasteiger partial charge on any atom is -0.481 e. The number of carboxylic acids is 1. The molecule has 1 aliphatic heterocycles. The van der Waals surface area contributed by atoms with Crippen molar-refractivity contribution < 1.29 is 14.7 Å². The van der Waals surface area contributed by atoms with Crippen molar-refractivity contribution in [3.8, 4) is 0 Å². The first kappa shape index (κ1) is 13.4. The number of rotatable bonds is 2. The predicted molar refractivity (Wildman–Crippen MR) is 68.1 cm³/mol. The monoisotopic (exact) mass is 253 g/mol. The maximum atomic E-state index is 12.5. The van der Waals surface area contributed by atoms with E-state index in [-0.39, 0.29) is 23.2 Å². The highest BCUT2D eigenvalue weighted by Crippen LogP contribution is 2.43. The highest BCUT2D eigenvalue weighted by molar-refractivity contribution is 5.81. The first-order valence-corrected chi connectivity index (χ1v) is 6.93. The molecule has 1 saturated heterocycles. The van der Waals surface area contributed by atoms with Crippen LogP contribution in [0.25, 0.3) is 0 Å². The number of piperidine rings is 1. The van der Waals surface area contributed by atoms with Gasteiger partial charge < -0.3 is 10.0 Å². The molecular weight excluding hydrogens is 230 g/mol. The van der Waals surface area contributed by atoms with Crippen LogP contribution in [0.3, 0.4) is 0 Å². The Morgan fingerprint density at radius 1 is 1.22 bits per heavy atom. The fourth-order valence-electron chi connectivity index (χ4n) is 3.38.